The van der Waals surface area contributed by atoms with Crippen LogP contribution < -0.4 is 10.0 Å². The lowest BCUT2D eigenvalue weighted by Crippen LogP contribution is -2.51. The van der Waals surface area contributed by atoms with Gasteiger partial charge in [0.05, 0.1) is 36.2 Å². The highest BCUT2D eigenvalue weighted by Crippen LogP contribution is 2.23. The molecule has 0 spiro atoms. The molecule has 0 aromatic heterocycles. The van der Waals surface area contributed by atoms with E-state index < -0.39 is 28.3 Å². The van der Waals surface area contributed by atoms with Crippen molar-refractivity contribution in [1.29, 1.82) is 0 Å². The molecule has 0 unspecified atom stereocenters. The molecule has 2 aromatic rings. The number of sulfonamides is 1. The van der Waals surface area contributed by atoms with Gasteiger partial charge in [-0.15, -0.1) is 0 Å². The van der Waals surface area contributed by atoms with Crippen molar-refractivity contribution in [2.45, 2.75) is 49.0 Å². The van der Waals surface area contributed by atoms with Crippen molar-refractivity contribution in [3.05, 3.63) is 66.0 Å². The average Bonchev–Trinajstić information content (AvgIpc) is 2.74. The first-order valence-electron chi connectivity index (χ1n) is 9.73. The van der Waals surface area contributed by atoms with Crippen LogP contribution in [0.4, 0.5) is 4.39 Å². The molecule has 0 radical (unpaired) electrons. The predicted molar refractivity (Wildman–Crippen MR) is 108 cm³/mol. The Bertz CT molecular complexity index is 955. The van der Waals surface area contributed by atoms with Gasteiger partial charge in [0.25, 0.3) is 0 Å². The van der Waals surface area contributed by atoms with E-state index in [-0.39, 0.29) is 36.2 Å². The van der Waals surface area contributed by atoms with E-state index >= 15 is 0 Å². The second-order valence-electron chi connectivity index (χ2n) is 7.17. The topological polar surface area (TPSA) is 105 Å². The van der Waals surface area contributed by atoms with Crippen LogP contribution in [-0.2, 0) is 26.1 Å². The summed E-state index contributed by atoms with van der Waals surface area (Å²) in [4.78, 5) is 12.3. The van der Waals surface area contributed by atoms with Crippen LogP contribution in [0.25, 0.3) is 0 Å². The van der Waals surface area contributed by atoms with Crippen molar-refractivity contribution < 1.29 is 27.4 Å². The second-order valence-corrected chi connectivity index (χ2v) is 8.88. The Morgan fingerprint density at radius 1 is 1.10 bits per heavy atom. The summed E-state index contributed by atoms with van der Waals surface area (Å²) in [5, 5.41) is 12.3. The van der Waals surface area contributed by atoms with Gasteiger partial charge in [-0.2, -0.15) is 0 Å². The Hall–Kier alpha value is -2.33. The van der Waals surface area contributed by atoms with E-state index in [2.05, 4.69) is 10.0 Å². The van der Waals surface area contributed by atoms with Gasteiger partial charge in [0, 0.05) is 12.1 Å². The van der Waals surface area contributed by atoms with Gasteiger partial charge in [0.2, 0.25) is 15.9 Å². The number of hydrogen-bond acceptors (Lipinski definition) is 5. The van der Waals surface area contributed by atoms with Crippen molar-refractivity contribution in [2.75, 3.05) is 6.61 Å². The summed E-state index contributed by atoms with van der Waals surface area (Å²) in [6, 6.07) is 13.6. The number of amides is 1. The second kappa shape index (κ2) is 10.1. The minimum Gasteiger partial charge on any atom is -0.394 e. The molecular formula is C21H25FN2O5S. The predicted octanol–water partition coefficient (Wildman–Crippen LogP) is 1.72. The van der Waals surface area contributed by atoms with Crippen LogP contribution in [0.15, 0.2) is 59.5 Å². The molecule has 3 atom stereocenters. The highest BCUT2D eigenvalue weighted by molar-refractivity contribution is 7.89. The zero-order chi connectivity index (χ0) is 21.6. The molecule has 1 fully saturated rings. The number of carbonyl (C=O) groups is 1. The minimum absolute atomic E-state index is 0.0447. The number of ether oxygens (including phenoxy) is 1. The Labute approximate surface area is 175 Å². The van der Waals surface area contributed by atoms with E-state index in [9.17, 15) is 22.7 Å². The molecule has 3 rings (SSSR count). The lowest BCUT2D eigenvalue weighted by Gasteiger charge is -2.35. The average molecular weight is 437 g/mol. The summed E-state index contributed by atoms with van der Waals surface area (Å²) in [6.45, 7) is -0.309. The molecule has 1 aliphatic rings. The molecule has 9 heteroatoms. The SMILES string of the molecule is O=C(C[C@@H]1CC[C@H](NS(=O)(=O)c2ccccc2)[C@@H](CO)O1)NCc1ccccc1F. The number of nitrogens with one attached hydrogen (secondary N) is 2. The quantitative estimate of drug-likeness (QED) is 0.585. The van der Waals surface area contributed by atoms with E-state index in [0.29, 0.717) is 18.4 Å². The lowest BCUT2D eigenvalue weighted by atomic mass is 9.98. The number of benzene rings is 2. The van der Waals surface area contributed by atoms with Crippen LogP contribution in [0.2, 0.25) is 0 Å². The molecule has 162 valence electrons. The van der Waals surface area contributed by atoms with Gasteiger partial charge in [-0.25, -0.2) is 17.5 Å². The molecule has 2 aromatic carbocycles. The fourth-order valence-corrected chi connectivity index (χ4v) is 4.72. The molecule has 3 N–H and O–H groups in total. The van der Waals surface area contributed by atoms with Crippen molar-refractivity contribution in [2.24, 2.45) is 0 Å². The zero-order valence-electron chi connectivity index (χ0n) is 16.3. The van der Waals surface area contributed by atoms with E-state index in [1.807, 2.05) is 0 Å². The minimum atomic E-state index is -3.74. The maximum atomic E-state index is 13.6. The third-order valence-corrected chi connectivity index (χ3v) is 6.51. The van der Waals surface area contributed by atoms with Crippen molar-refractivity contribution in [3.8, 4) is 0 Å². The Morgan fingerprint density at radius 3 is 2.50 bits per heavy atom. The molecule has 1 amide bonds. The molecule has 0 saturated carbocycles. The fraction of sp³-hybridized carbons (Fsp3) is 0.381. The smallest absolute Gasteiger partial charge is 0.240 e. The van der Waals surface area contributed by atoms with E-state index in [1.165, 1.54) is 18.2 Å². The number of halogens is 1. The number of hydrogen-bond donors (Lipinski definition) is 3. The standard InChI is InChI=1S/C21H25FN2O5S/c22-18-9-5-4-6-15(18)13-23-21(26)12-16-10-11-19(20(14-25)29-16)24-30(27,28)17-7-2-1-3-8-17/h1-9,16,19-20,24-25H,10-14H2,(H,23,26)/t16-,19-,20+/m0/s1. The zero-order valence-corrected chi connectivity index (χ0v) is 17.1. The van der Waals surface area contributed by atoms with Crippen LogP contribution in [0, 0.1) is 5.82 Å². The van der Waals surface area contributed by atoms with Crippen LogP contribution >= 0.6 is 0 Å². The molecule has 30 heavy (non-hydrogen) atoms. The molecule has 7 nitrogen and oxygen atoms in total. The van der Waals surface area contributed by atoms with Crippen molar-refractivity contribution in [3.63, 3.8) is 0 Å². The molecule has 0 bridgehead atoms. The van der Waals surface area contributed by atoms with Gasteiger partial charge < -0.3 is 15.2 Å². The summed E-state index contributed by atoms with van der Waals surface area (Å²) in [6.07, 6.45) is -0.307. The van der Waals surface area contributed by atoms with Gasteiger partial charge in [-0.1, -0.05) is 36.4 Å². The number of aliphatic hydroxyl groups is 1. The fourth-order valence-electron chi connectivity index (χ4n) is 3.40. The molecule has 1 heterocycles. The van der Waals surface area contributed by atoms with Gasteiger partial charge >= 0.3 is 0 Å². The van der Waals surface area contributed by atoms with Crippen molar-refractivity contribution >= 4 is 15.9 Å². The van der Waals surface area contributed by atoms with Crippen LogP contribution in [0.1, 0.15) is 24.8 Å². The summed E-state index contributed by atoms with van der Waals surface area (Å²) < 4.78 is 47.0. The molecule has 0 aliphatic carbocycles. The third-order valence-electron chi connectivity index (χ3n) is 5.00. The Balaban J connectivity index is 1.52. The van der Waals surface area contributed by atoms with Gasteiger partial charge in [0.15, 0.2) is 0 Å². The normalized spacial score (nSPS) is 21.9. The number of rotatable bonds is 8. The molecular weight excluding hydrogens is 411 g/mol. The van der Waals surface area contributed by atoms with Gasteiger partial charge in [-0.3, -0.25) is 4.79 Å². The summed E-state index contributed by atoms with van der Waals surface area (Å²) in [7, 11) is -3.74. The van der Waals surface area contributed by atoms with E-state index in [4.69, 9.17) is 4.74 Å². The number of carbonyl (C=O) groups excluding carboxylic acids is 1. The van der Waals surface area contributed by atoms with Crippen LogP contribution in [0.5, 0.6) is 0 Å². The first-order valence-corrected chi connectivity index (χ1v) is 11.2. The lowest BCUT2D eigenvalue weighted by molar-refractivity contribution is -0.130. The highest BCUT2D eigenvalue weighted by Gasteiger charge is 2.34. The van der Waals surface area contributed by atoms with E-state index in [1.54, 1.807) is 36.4 Å². The monoisotopic (exact) mass is 436 g/mol. The van der Waals surface area contributed by atoms with Gasteiger partial charge in [-0.05, 0) is 31.0 Å². The highest BCUT2D eigenvalue weighted by atomic mass is 32.2. The van der Waals surface area contributed by atoms with Gasteiger partial charge in [0.1, 0.15) is 5.82 Å². The first-order chi connectivity index (χ1) is 14.4. The van der Waals surface area contributed by atoms with Crippen LogP contribution in [-0.4, -0.2) is 44.3 Å². The van der Waals surface area contributed by atoms with Crippen molar-refractivity contribution in [1.82, 2.24) is 10.0 Å². The Kier molecular flexibility index (Phi) is 7.54. The summed E-state index contributed by atoms with van der Waals surface area (Å²) in [5.74, 6) is -0.691. The number of aliphatic hydroxyl groups excluding tert-OH is 1. The maximum Gasteiger partial charge on any atom is 0.240 e. The Morgan fingerprint density at radius 2 is 1.80 bits per heavy atom. The molecule has 1 aliphatic heterocycles. The summed E-state index contributed by atoms with van der Waals surface area (Å²) in [5.41, 5.74) is 0.388. The summed E-state index contributed by atoms with van der Waals surface area (Å²) >= 11 is 0. The largest absolute Gasteiger partial charge is 0.394 e. The maximum absolute atomic E-state index is 13.6. The van der Waals surface area contributed by atoms with Crippen LogP contribution in [0.3, 0.4) is 0 Å². The molecule has 1 saturated heterocycles. The van der Waals surface area contributed by atoms with E-state index in [0.717, 1.165) is 0 Å². The first kappa shape index (κ1) is 22.4. The third kappa shape index (κ3) is 5.85.